The summed E-state index contributed by atoms with van der Waals surface area (Å²) in [4.78, 5) is 19.2. The van der Waals surface area contributed by atoms with Crippen molar-refractivity contribution in [3.05, 3.63) is 76.2 Å². The Kier molecular flexibility index (Phi) is 7.81. The van der Waals surface area contributed by atoms with Gasteiger partial charge in [-0.3, -0.25) is 9.69 Å². The maximum atomic E-state index is 12.6. The molecule has 2 heterocycles. The van der Waals surface area contributed by atoms with E-state index in [2.05, 4.69) is 15.2 Å². The van der Waals surface area contributed by atoms with Crippen LogP contribution in [-0.2, 0) is 16.0 Å². The first-order valence-corrected chi connectivity index (χ1v) is 11.4. The topological polar surface area (TPSA) is 67.6 Å². The Labute approximate surface area is 197 Å². The number of oxazole rings is 1. The molecule has 2 aromatic carbocycles. The molecule has 1 aromatic heterocycles. The van der Waals surface area contributed by atoms with Gasteiger partial charge in [0.2, 0.25) is 5.91 Å². The molecule has 1 N–H and O–H groups in total. The molecule has 0 bridgehead atoms. The molecule has 3 aromatic rings. The van der Waals surface area contributed by atoms with Crippen LogP contribution in [-0.4, -0.2) is 48.6 Å². The van der Waals surface area contributed by atoms with E-state index < -0.39 is 0 Å². The number of amides is 1. The summed E-state index contributed by atoms with van der Waals surface area (Å²) < 4.78 is 11.3. The lowest BCUT2D eigenvalue weighted by molar-refractivity contribution is -0.121. The first kappa shape index (κ1) is 22.8. The van der Waals surface area contributed by atoms with Crippen molar-refractivity contribution in [1.82, 2.24) is 15.2 Å². The van der Waals surface area contributed by atoms with Gasteiger partial charge in [-0.1, -0.05) is 53.5 Å². The number of aryl methyl sites for hydroxylation is 1. The van der Waals surface area contributed by atoms with Gasteiger partial charge in [0.15, 0.2) is 11.7 Å². The number of rotatable bonds is 8. The molecule has 0 saturated carbocycles. The third kappa shape index (κ3) is 5.70. The first-order chi connectivity index (χ1) is 15.6. The second-order valence-corrected chi connectivity index (χ2v) is 8.40. The van der Waals surface area contributed by atoms with Gasteiger partial charge in [-0.25, -0.2) is 4.98 Å². The Bertz CT molecular complexity index is 1050. The highest BCUT2D eigenvalue weighted by atomic mass is 35.5. The molecule has 32 heavy (non-hydrogen) atoms. The fourth-order valence-corrected chi connectivity index (χ4v) is 4.29. The highest BCUT2D eigenvalue weighted by molar-refractivity contribution is 6.33. The first-order valence-electron chi connectivity index (χ1n) is 10.6. The van der Waals surface area contributed by atoms with Gasteiger partial charge in [0.05, 0.1) is 30.5 Å². The highest BCUT2D eigenvalue weighted by Gasteiger charge is 2.25. The van der Waals surface area contributed by atoms with Crippen LogP contribution in [0.5, 0.6) is 0 Å². The lowest BCUT2D eigenvalue weighted by atomic mass is 10.0. The summed E-state index contributed by atoms with van der Waals surface area (Å²) in [5.41, 5.74) is 1.79. The van der Waals surface area contributed by atoms with E-state index >= 15 is 0 Å². The van der Waals surface area contributed by atoms with Gasteiger partial charge in [0.25, 0.3) is 0 Å². The molecule has 1 atom stereocenters. The van der Waals surface area contributed by atoms with E-state index in [-0.39, 0.29) is 18.4 Å². The molecule has 1 aliphatic heterocycles. The maximum absolute atomic E-state index is 12.6. The standard InChI is InChI=1S/C24H25Cl2N3O3/c25-19-7-3-1-5-17(19)21(29-11-13-31-14-12-29)15-27-23(30)9-10-24-28-16-22(32-24)18-6-2-4-8-20(18)26/h1-8,16,21H,9-15H2,(H,27,30). The number of ether oxygens (including phenoxy) is 1. The zero-order chi connectivity index (χ0) is 22.3. The van der Waals surface area contributed by atoms with Crippen LogP contribution in [0.4, 0.5) is 0 Å². The number of carbonyl (C=O) groups is 1. The van der Waals surface area contributed by atoms with E-state index in [1.807, 2.05) is 42.5 Å². The van der Waals surface area contributed by atoms with Crippen molar-refractivity contribution in [3.63, 3.8) is 0 Å². The predicted molar refractivity (Wildman–Crippen MR) is 125 cm³/mol. The van der Waals surface area contributed by atoms with Crippen LogP contribution in [0, 0.1) is 0 Å². The van der Waals surface area contributed by atoms with Gasteiger partial charge in [-0.15, -0.1) is 0 Å². The summed E-state index contributed by atoms with van der Waals surface area (Å²) in [6.07, 6.45) is 2.33. The molecular weight excluding hydrogens is 449 g/mol. The van der Waals surface area contributed by atoms with E-state index in [1.165, 1.54) is 0 Å². The zero-order valence-corrected chi connectivity index (χ0v) is 19.1. The number of nitrogens with zero attached hydrogens (tertiary/aromatic N) is 2. The molecule has 0 spiro atoms. The molecule has 0 aliphatic carbocycles. The van der Waals surface area contributed by atoms with Crippen LogP contribution in [0.15, 0.2) is 59.1 Å². The van der Waals surface area contributed by atoms with Crippen molar-refractivity contribution in [2.45, 2.75) is 18.9 Å². The normalized spacial score (nSPS) is 15.4. The van der Waals surface area contributed by atoms with Crippen LogP contribution >= 0.6 is 23.2 Å². The minimum Gasteiger partial charge on any atom is -0.441 e. The second kappa shape index (κ2) is 11.0. The van der Waals surface area contributed by atoms with E-state index in [0.717, 1.165) is 24.2 Å². The smallest absolute Gasteiger partial charge is 0.220 e. The van der Waals surface area contributed by atoms with E-state index in [0.29, 0.717) is 47.9 Å². The Morgan fingerprint density at radius 3 is 2.53 bits per heavy atom. The summed E-state index contributed by atoms with van der Waals surface area (Å²) in [7, 11) is 0. The van der Waals surface area contributed by atoms with Crippen molar-refractivity contribution >= 4 is 29.1 Å². The SMILES string of the molecule is O=C(CCc1ncc(-c2ccccc2Cl)o1)NCC(c1ccccc1Cl)N1CCOCC1. The third-order valence-corrected chi connectivity index (χ3v) is 6.18. The summed E-state index contributed by atoms with van der Waals surface area (Å²) >= 11 is 12.7. The van der Waals surface area contributed by atoms with Gasteiger partial charge in [-0.05, 0) is 23.8 Å². The van der Waals surface area contributed by atoms with Crippen molar-refractivity contribution < 1.29 is 13.9 Å². The monoisotopic (exact) mass is 473 g/mol. The number of hydrogen-bond donors (Lipinski definition) is 1. The van der Waals surface area contributed by atoms with Gasteiger partial charge in [0, 0.05) is 43.1 Å². The Morgan fingerprint density at radius 2 is 1.78 bits per heavy atom. The molecular formula is C24H25Cl2N3O3. The zero-order valence-electron chi connectivity index (χ0n) is 17.6. The molecule has 6 nitrogen and oxygen atoms in total. The number of halogens is 2. The Hall–Kier alpha value is -2.38. The molecule has 0 radical (unpaired) electrons. The average Bonchev–Trinajstić information content (AvgIpc) is 3.29. The van der Waals surface area contributed by atoms with Crippen LogP contribution in [0.25, 0.3) is 11.3 Å². The number of nitrogens with one attached hydrogen (secondary N) is 1. The minimum absolute atomic E-state index is 0.00915. The molecule has 1 fully saturated rings. The predicted octanol–water partition coefficient (Wildman–Crippen LogP) is 4.77. The van der Waals surface area contributed by atoms with E-state index in [9.17, 15) is 4.79 Å². The number of carbonyl (C=O) groups excluding carboxylic acids is 1. The molecule has 4 rings (SSSR count). The molecule has 1 aliphatic rings. The van der Waals surface area contributed by atoms with Crippen LogP contribution in [0.1, 0.15) is 23.9 Å². The van der Waals surface area contributed by atoms with Crippen molar-refractivity contribution in [2.75, 3.05) is 32.8 Å². The quantitative estimate of drug-likeness (QED) is 0.510. The van der Waals surface area contributed by atoms with Crippen molar-refractivity contribution in [1.29, 1.82) is 0 Å². The van der Waals surface area contributed by atoms with Crippen LogP contribution in [0.2, 0.25) is 10.0 Å². The maximum Gasteiger partial charge on any atom is 0.220 e. The van der Waals surface area contributed by atoms with Crippen molar-refractivity contribution in [3.8, 4) is 11.3 Å². The van der Waals surface area contributed by atoms with E-state index in [1.54, 1.807) is 12.3 Å². The summed E-state index contributed by atoms with van der Waals surface area (Å²) in [5, 5.41) is 4.35. The lowest BCUT2D eigenvalue weighted by Crippen LogP contribution is -2.44. The van der Waals surface area contributed by atoms with Crippen molar-refractivity contribution in [2.24, 2.45) is 0 Å². The number of aromatic nitrogens is 1. The van der Waals surface area contributed by atoms with E-state index in [4.69, 9.17) is 32.4 Å². The average molecular weight is 474 g/mol. The van der Waals surface area contributed by atoms with Gasteiger partial charge in [-0.2, -0.15) is 0 Å². The number of hydrogen-bond acceptors (Lipinski definition) is 5. The fraction of sp³-hybridized carbons (Fsp3) is 0.333. The summed E-state index contributed by atoms with van der Waals surface area (Å²) in [6.45, 7) is 3.42. The largest absolute Gasteiger partial charge is 0.441 e. The Morgan fingerprint density at radius 1 is 1.06 bits per heavy atom. The summed E-state index contributed by atoms with van der Waals surface area (Å²) in [5.74, 6) is 1.04. The Balaban J connectivity index is 1.35. The molecule has 1 unspecified atom stereocenters. The number of morpholine rings is 1. The molecule has 8 heteroatoms. The molecule has 1 amide bonds. The minimum atomic E-state index is -0.0622. The van der Waals surface area contributed by atoms with Gasteiger partial charge in [0.1, 0.15) is 0 Å². The van der Waals surface area contributed by atoms with Crippen LogP contribution in [0.3, 0.4) is 0 Å². The third-order valence-electron chi connectivity index (χ3n) is 5.50. The highest BCUT2D eigenvalue weighted by Crippen LogP contribution is 2.29. The van der Waals surface area contributed by atoms with Gasteiger partial charge < -0.3 is 14.5 Å². The summed E-state index contributed by atoms with van der Waals surface area (Å²) in [6, 6.07) is 15.2. The second-order valence-electron chi connectivity index (χ2n) is 7.59. The fourth-order valence-electron chi connectivity index (χ4n) is 3.80. The van der Waals surface area contributed by atoms with Gasteiger partial charge >= 0.3 is 0 Å². The number of benzene rings is 2. The molecule has 168 valence electrons. The lowest BCUT2D eigenvalue weighted by Gasteiger charge is -2.35. The molecule has 1 saturated heterocycles. The van der Waals surface area contributed by atoms with Crippen LogP contribution < -0.4 is 5.32 Å².